The average Bonchev–Trinajstić information content (AvgIpc) is 2.40. The molecule has 0 aliphatic rings. The number of hydrogen-bond acceptors (Lipinski definition) is 1. The molecule has 2 rings (SSSR count). The van der Waals surface area contributed by atoms with Gasteiger partial charge in [-0.1, -0.05) is 46.6 Å². The summed E-state index contributed by atoms with van der Waals surface area (Å²) in [6, 6.07) is 11.4. The van der Waals surface area contributed by atoms with Crippen molar-refractivity contribution in [2.75, 3.05) is 6.54 Å². The van der Waals surface area contributed by atoms with Crippen LogP contribution in [0.4, 0.5) is 4.39 Å². The monoisotopic (exact) mass is 335 g/mol. The molecule has 0 heterocycles. The molecule has 20 heavy (non-hydrogen) atoms. The minimum absolute atomic E-state index is 0.0647. The summed E-state index contributed by atoms with van der Waals surface area (Å²) in [5.41, 5.74) is 4.47. The fourth-order valence-electron chi connectivity index (χ4n) is 2.44. The van der Waals surface area contributed by atoms with E-state index in [1.54, 1.807) is 6.07 Å². The van der Waals surface area contributed by atoms with Gasteiger partial charge in [0.2, 0.25) is 0 Å². The van der Waals surface area contributed by atoms with Gasteiger partial charge in [0.25, 0.3) is 0 Å². The van der Waals surface area contributed by atoms with Crippen LogP contribution >= 0.6 is 15.9 Å². The van der Waals surface area contributed by atoms with Crippen molar-refractivity contribution in [2.24, 2.45) is 0 Å². The van der Waals surface area contributed by atoms with Crippen LogP contribution < -0.4 is 5.32 Å². The second-order valence-electron chi connectivity index (χ2n) is 5.02. The third kappa shape index (κ3) is 3.28. The maximum atomic E-state index is 13.3. The molecule has 0 aliphatic carbocycles. The van der Waals surface area contributed by atoms with E-state index in [9.17, 15) is 4.39 Å². The van der Waals surface area contributed by atoms with E-state index in [4.69, 9.17) is 0 Å². The Balaban J connectivity index is 2.53. The first kappa shape index (κ1) is 15.2. The summed E-state index contributed by atoms with van der Waals surface area (Å²) in [6.45, 7) is 6.96. The van der Waals surface area contributed by atoms with E-state index in [1.807, 2.05) is 13.0 Å². The van der Waals surface area contributed by atoms with Crippen LogP contribution in [0.15, 0.2) is 40.9 Å². The van der Waals surface area contributed by atoms with Crippen LogP contribution in [0.1, 0.15) is 35.2 Å². The third-order valence-corrected chi connectivity index (χ3v) is 4.14. The van der Waals surface area contributed by atoms with Gasteiger partial charge in [-0.3, -0.25) is 0 Å². The molecule has 0 bridgehead atoms. The Kier molecular flexibility index (Phi) is 4.95. The quantitative estimate of drug-likeness (QED) is 0.837. The minimum Gasteiger partial charge on any atom is -0.306 e. The van der Waals surface area contributed by atoms with Crippen molar-refractivity contribution >= 4 is 15.9 Å². The van der Waals surface area contributed by atoms with Crippen LogP contribution in [-0.2, 0) is 0 Å². The lowest BCUT2D eigenvalue weighted by atomic mass is 9.94. The summed E-state index contributed by atoms with van der Waals surface area (Å²) in [5.74, 6) is -0.190. The molecule has 106 valence electrons. The predicted molar refractivity (Wildman–Crippen MR) is 85.5 cm³/mol. The molecule has 0 aliphatic heterocycles. The largest absolute Gasteiger partial charge is 0.306 e. The Morgan fingerprint density at radius 1 is 1.10 bits per heavy atom. The van der Waals surface area contributed by atoms with Gasteiger partial charge in [-0.15, -0.1) is 0 Å². The lowest BCUT2D eigenvalue weighted by Gasteiger charge is -2.22. The summed E-state index contributed by atoms with van der Waals surface area (Å²) in [6.07, 6.45) is 0. The van der Waals surface area contributed by atoms with E-state index >= 15 is 0 Å². The smallest absolute Gasteiger partial charge is 0.123 e. The van der Waals surface area contributed by atoms with Crippen LogP contribution in [0.3, 0.4) is 0 Å². The summed E-state index contributed by atoms with van der Waals surface area (Å²) < 4.78 is 14.4. The summed E-state index contributed by atoms with van der Waals surface area (Å²) in [4.78, 5) is 0. The molecule has 1 atom stereocenters. The maximum Gasteiger partial charge on any atom is 0.123 e. The highest BCUT2D eigenvalue weighted by Crippen LogP contribution is 2.31. The van der Waals surface area contributed by atoms with Gasteiger partial charge in [0.05, 0.1) is 6.04 Å². The zero-order valence-electron chi connectivity index (χ0n) is 12.0. The van der Waals surface area contributed by atoms with Gasteiger partial charge in [0.1, 0.15) is 5.82 Å². The zero-order valence-corrected chi connectivity index (χ0v) is 13.6. The van der Waals surface area contributed by atoms with Crippen molar-refractivity contribution in [3.63, 3.8) is 0 Å². The summed E-state index contributed by atoms with van der Waals surface area (Å²) in [5, 5.41) is 3.49. The van der Waals surface area contributed by atoms with Crippen LogP contribution in [0.5, 0.6) is 0 Å². The molecule has 0 aromatic heterocycles. The molecule has 0 fully saturated rings. The molecule has 1 unspecified atom stereocenters. The van der Waals surface area contributed by atoms with Crippen molar-refractivity contribution in [3.8, 4) is 0 Å². The number of aryl methyl sites for hydroxylation is 2. The lowest BCUT2D eigenvalue weighted by Crippen LogP contribution is -2.23. The normalized spacial score (nSPS) is 12.4. The molecule has 1 nitrogen and oxygen atoms in total. The third-order valence-electron chi connectivity index (χ3n) is 3.41. The Labute approximate surface area is 128 Å². The molecule has 2 aromatic rings. The van der Waals surface area contributed by atoms with Crippen molar-refractivity contribution in [1.29, 1.82) is 0 Å². The van der Waals surface area contributed by atoms with Crippen LogP contribution in [0.2, 0.25) is 0 Å². The number of rotatable bonds is 4. The molecule has 2 aromatic carbocycles. The predicted octanol–water partition coefficient (Wildman–Crippen LogP) is 4.90. The minimum atomic E-state index is -0.190. The second-order valence-corrected chi connectivity index (χ2v) is 5.87. The van der Waals surface area contributed by atoms with Gasteiger partial charge < -0.3 is 5.32 Å². The van der Waals surface area contributed by atoms with Crippen molar-refractivity contribution in [3.05, 3.63) is 68.9 Å². The SMILES string of the molecule is CCNC(c1ccc(F)cc1C)c1cc(C)ccc1Br. The Bertz CT molecular complexity index is 610. The molecule has 0 spiro atoms. The molecule has 0 amide bonds. The van der Waals surface area contributed by atoms with Crippen molar-refractivity contribution in [1.82, 2.24) is 5.32 Å². The highest BCUT2D eigenvalue weighted by atomic mass is 79.9. The Hall–Kier alpha value is -1.19. The number of halogens is 2. The number of benzene rings is 2. The number of hydrogen-bond donors (Lipinski definition) is 1. The molecule has 1 N–H and O–H groups in total. The van der Waals surface area contributed by atoms with Crippen molar-refractivity contribution < 1.29 is 4.39 Å². The molecular formula is C17H19BrFN. The molecule has 0 radical (unpaired) electrons. The standard InChI is InChI=1S/C17H19BrFN/c1-4-20-17(14-7-6-13(19)10-12(14)3)15-9-11(2)5-8-16(15)18/h5-10,17,20H,4H2,1-3H3. The fourth-order valence-corrected chi connectivity index (χ4v) is 2.91. The summed E-state index contributed by atoms with van der Waals surface area (Å²) in [7, 11) is 0. The van der Waals surface area contributed by atoms with Gasteiger partial charge in [0, 0.05) is 4.47 Å². The first-order chi connectivity index (χ1) is 9.52. The molecule has 0 saturated heterocycles. The first-order valence-corrected chi connectivity index (χ1v) is 7.57. The van der Waals surface area contributed by atoms with Crippen LogP contribution in [0.25, 0.3) is 0 Å². The van der Waals surface area contributed by atoms with E-state index < -0.39 is 0 Å². The highest BCUT2D eigenvalue weighted by Gasteiger charge is 2.18. The van der Waals surface area contributed by atoms with E-state index in [-0.39, 0.29) is 11.9 Å². The molecular weight excluding hydrogens is 317 g/mol. The highest BCUT2D eigenvalue weighted by molar-refractivity contribution is 9.10. The molecule has 3 heteroatoms. The maximum absolute atomic E-state index is 13.3. The van der Waals surface area contributed by atoms with E-state index in [0.717, 1.165) is 22.1 Å². The van der Waals surface area contributed by atoms with E-state index in [0.29, 0.717) is 0 Å². The van der Waals surface area contributed by atoms with Gasteiger partial charge in [0.15, 0.2) is 0 Å². The van der Waals surface area contributed by atoms with Crippen LogP contribution in [-0.4, -0.2) is 6.54 Å². The average molecular weight is 336 g/mol. The molecule has 0 saturated carbocycles. The first-order valence-electron chi connectivity index (χ1n) is 6.78. The van der Waals surface area contributed by atoms with Gasteiger partial charge in [-0.05, 0) is 55.3 Å². The van der Waals surface area contributed by atoms with Gasteiger partial charge >= 0.3 is 0 Å². The Morgan fingerprint density at radius 2 is 1.85 bits per heavy atom. The Morgan fingerprint density at radius 3 is 2.50 bits per heavy atom. The number of nitrogens with one attached hydrogen (secondary N) is 1. The van der Waals surface area contributed by atoms with Gasteiger partial charge in [-0.2, -0.15) is 0 Å². The topological polar surface area (TPSA) is 12.0 Å². The van der Waals surface area contributed by atoms with Crippen molar-refractivity contribution in [2.45, 2.75) is 26.8 Å². The van der Waals surface area contributed by atoms with Gasteiger partial charge in [-0.25, -0.2) is 4.39 Å². The van der Waals surface area contributed by atoms with E-state index in [2.05, 4.69) is 53.3 Å². The second kappa shape index (κ2) is 6.51. The van der Waals surface area contributed by atoms with Crippen LogP contribution in [0, 0.1) is 19.7 Å². The lowest BCUT2D eigenvalue weighted by molar-refractivity contribution is 0.609. The van der Waals surface area contributed by atoms with E-state index in [1.165, 1.54) is 17.2 Å². The fraction of sp³-hybridized carbons (Fsp3) is 0.294. The summed E-state index contributed by atoms with van der Waals surface area (Å²) >= 11 is 3.62. The zero-order chi connectivity index (χ0) is 14.7.